The number of hydrogen-bond donors (Lipinski definition) is 2. The maximum Gasteiger partial charge on any atom is 0.340 e. The van der Waals surface area contributed by atoms with E-state index in [4.69, 9.17) is 20.8 Å². The standard InChI is InChI=1S/C17H14ClN3O6/c1-25-12(22)7-8-13(17(24)26-2)10(19-15(8)18)6-9-14(20-21-16(9)23)11-4-3-5-27-11/h3-6,19H,7H2,1-2H3,(H,21,23). The summed E-state index contributed by atoms with van der Waals surface area (Å²) in [6.07, 6.45) is 2.59. The summed E-state index contributed by atoms with van der Waals surface area (Å²) in [6, 6.07) is 3.29. The fourth-order valence-electron chi connectivity index (χ4n) is 2.57. The summed E-state index contributed by atoms with van der Waals surface area (Å²) in [5.41, 5.74) is 3.18. The first-order valence-electron chi connectivity index (χ1n) is 7.65. The highest BCUT2D eigenvalue weighted by Gasteiger charge is 2.29. The monoisotopic (exact) mass is 391 g/mol. The van der Waals surface area contributed by atoms with Gasteiger partial charge in [-0.2, -0.15) is 5.10 Å². The number of halogens is 1. The van der Waals surface area contributed by atoms with E-state index in [1.54, 1.807) is 12.1 Å². The van der Waals surface area contributed by atoms with Crippen molar-refractivity contribution in [1.29, 1.82) is 0 Å². The molecule has 2 N–H and O–H groups in total. The van der Waals surface area contributed by atoms with Crippen LogP contribution in [0.2, 0.25) is 5.15 Å². The number of furan rings is 1. The van der Waals surface area contributed by atoms with Crippen LogP contribution in [0, 0.1) is 0 Å². The molecule has 0 saturated heterocycles. The predicted molar refractivity (Wildman–Crippen MR) is 94.2 cm³/mol. The van der Waals surface area contributed by atoms with Crippen LogP contribution in [0.25, 0.3) is 6.08 Å². The lowest BCUT2D eigenvalue weighted by Crippen LogP contribution is -2.14. The number of carbonyl (C=O) groups excluding carboxylic acids is 3. The summed E-state index contributed by atoms with van der Waals surface area (Å²) < 4.78 is 14.7. The molecule has 1 amide bonds. The minimum Gasteiger partial charge on any atom is -0.469 e. The predicted octanol–water partition coefficient (Wildman–Crippen LogP) is 1.68. The van der Waals surface area contributed by atoms with Crippen molar-refractivity contribution < 1.29 is 28.3 Å². The molecule has 140 valence electrons. The second kappa shape index (κ2) is 7.50. The summed E-state index contributed by atoms with van der Waals surface area (Å²) in [5.74, 6) is -1.43. The Kier molecular flexibility index (Phi) is 5.13. The van der Waals surface area contributed by atoms with Crippen LogP contribution < -0.4 is 5.43 Å². The third-order valence-electron chi connectivity index (χ3n) is 3.83. The highest BCUT2D eigenvalue weighted by Crippen LogP contribution is 2.28. The topological polar surface area (TPSA) is 123 Å². The van der Waals surface area contributed by atoms with Crippen molar-refractivity contribution >= 4 is 41.2 Å². The van der Waals surface area contributed by atoms with E-state index in [9.17, 15) is 14.4 Å². The molecule has 2 aromatic heterocycles. The number of aromatic nitrogens is 1. The molecule has 0 aromatic carbocycles. The van der Waals surface area contributed by atoms with Gasteiger partial charge in [0.25, 0.3) is 5.91 Å². The highest BCUT2D eigenvalue weighted by atomic mass is 35.5. The minimum absolute atomic E-state index is 0.0268. The Morgan fingerprint density at radius 2 is 2.11 bits per heavy atom. The van der Waals surface area contributed by atoms with Gasteiger partial charge in [0.05, 0.1) is 43.7 Å². The Labute approximate surface area is 158 Å². The number of carbonyl (C=O) groups is 3. The SMILES string of the molecule is COC(=O)Cc1c(Cl)[nH]c(C=C2C(=O)NN=C2c2ccco2)c1C(=O)OC. The third kappa shape index (κ3) is 3.49. The molecule has 0 spiro atoms. The third-order valence-corrected chi connectivity index (χ3v) is 4.15. The fourth-order valence-corrected chi connectivity index (χ4v) is 2.83. The molecule has 2 aromatic rings. The number of aromatic amines is 1. The largest absolute Gasteiger partial charge is 0.469 e. The van der Waals surface area contributed by atoms with E-state index < -0.39 is 17.8 Å². The summed E-state index contributed by atoms with van der Waals surface area (Å²) in [7, 11) is 2.42. The van der Waals surface area contributed by atoms with E-state index in [0.29, 0.717) is 5.76 Å². The van der Waals surface area contributed by atoms with Crippen molar-refractivity contribution in [3.8, 4) is 0 Å². The van der Waals surface area contributed by atoms with Crippen molar-refractivity contribution in [3.63, 3.8) is 0 Å². The number of nitrogens with one attached hydrogen (secondary N) is 2. The maximum absolute atomic E-state index is 12.3. The number of hydrogen-bond acceptors (Lipinski definition) is 7. The van der Waals surface area contributed by atoms with Crippen molar-refractivity contribution in [1.82, 2.24) is 10.4 Å². The first kappa shape index (κ1) is 18.5. The molecule has 3 rings (SSSR count). The lowest BCUT2D eigenvalue weighted by Gasteiger charge is -2.04. The van der Waals surface area contributed by atoms with E-state index in [1.165, 1.54) is 26.6 Å². The van der Waals surface area contributed by atoms with Gasteiger partial charge in [-0.25, -0.2) is 10.2 Å². The van der Waals surface area contributed by atoms with Crippen molar-refractivity contribution in [3.05, 3.63) is 51.7 Å². The Bertz CT molecular complexity index is 971. The molecule has 0 unspecified atom stereocenters. The van der Waals surface area contributed by atoms with Gasteiger partial charge in [-0.05, 0) is 18.2 Å². The van der Waals surface area contributed by atoms with Crippen LogP contribution in [0.15, 0.2) is 33.5 Å². The van der Waals surface area contributed by atoms with E-state index in [2.05, 4.69) is 20.2 Å². The Morgan fingerprint density at radius 3 is 2.74 bits per heavy atom. The van der Waals surface area contributed by atoms with Gasteiger partial charge in [-0.1, -0.05) is 11.6 Å². The Morgan fingerprint density at radius 1 is 1.33 bits per heavy atom. The number of rotatable bonds is 5. The van der Waals surface area contributed by atoms with E-state index in [1.807, 2.05) is 0 Å². The molecule has 0 radical (unpaired) electrons. The van der Waals surface area contributed by atoms with Crippen molar-refractivity contribution in [2.45, 2.75) is 6.42 Å². The van der Waals surface area contributed by atoms with Gasteiger partial charge < -0.3 is 18.9 Å². The first-order valence-corrected chi connectivity index (χ1v) is 8.03. The second-order valence-electron chi connectivity index (χ2n) is 5.39. The number of ether oxygens (including phenoxy) is 2. The smallest absolute Gasteiger partial charge is 0.340 e. The van der Waals surface area contributed by atoms with Crippen LogP contribution in [0.5, 0.6) is 0 Å². The molecular formula is C17H14ClN3O6. The van der Waals surface area contributed by atoms with Crippen LogP contribution in [0.1, 0.15) is 27.4 Å². The van der Waals surface area contributed by atoms with Gasteiger partial charge in [-0.3, -0.25) is 9.59 Å². The number of esters is 2. The molecule has 0 bridgehead atoms. The quantitative estimate of drug-likeness (QED) is 0.590. The summed E-state index contributed by atoms with van der Waals surface area (Å²) in [5, 5.41) is 4.00. The van der Waals surface area contributed by atoms with E-state index in [0.717, 1.165) is 0 Å². The number of hydrazone groups is 1. The van der Waals surface area contributed by atoms with E-state index in [-0.39, 0.29) is 39.7 Å². The van der Waals surface area contributed by atoms with Gasteiger partial charge in [0.2, 0.25) is 0 Å². The molecule has 0 atom stereocenters. The molecule has 1 aliphatic heterocycles. The molecule has 27 heavy (non-hydrogen) atoms. The summed E-state index contributed by atoms with van der Waals surface area (Å²) in [4.78, 5) is 38.9. The van der Waals surface area contributed by atoms with E-state index >= 15 is 0 Å². The molecule has 0 fully saturated rings. The molecule has 3 heterocycles. The average molecular weight is 392 g/mol. The normalized spacial score (nSPS) is 14.9. The zero-order chi connectivity index (χ0) is 19.6. The lowest BCUT2D eigenvalue weighted by molar-refractivity contribution is -0.139. The molecule has 1 aliphatic rings. The summed E-state index contributed by atoms with van der Waals surface area (Å²) in [6.45, 7) is 0. The minimum atomic E-state index is -0.723. The zero-order valence-corrected chi connectivity index (χ0v) is 15.0. The number of H-pyrrole nitrogens is 1. The number of methoxy groups -OCH3 is 2. The van der Waals surface area contributed by atoms with Crippen LogP contribution in [-0.4, -0.2) is 42.8 Å². The number of amides is 1. The van der Waals surface area contributed by atoms with Gasteiger partial charge in [0.15, 0.2) is 5.76 Å². The van der Waals surface area contributed by atoms with Gasteiger partial charge >= 0.3 is 11.9 Å². The molecule has 0 aliphatic carbocycles. The van der Waals surface area contributed by atoms with Gasteiger partial charge in [0.1, 0.15) is 10.9 Å². The van der Waals surface area contributed by atoms with Crippen molar-refractivity contribution in [2.24, 2.45) is 5.10 Å². The highest BCUT2D eigenvalue weighted by molar-refractivity contribution is 6.33. The van der Waals surface area contributed by atoms with Crippen LogP contribution >= 0.6 is 11.6 Å². The van der Waals surface area contributed by atoms with Gasteiger partial charge in [-0.15, -0.1) is 0 Å². The maximum atomic E-state index is 12.3. The van der Waals surface area contributed by atoms with Crippen LogP contribution in [0.3, 0.4) is 0 Å². The molecule has 9 nitrogen and oxygen atoms in total. The number of nitrogens with zero attached hydrogens (tertiary/aromatic N) is 1. The Balaban J connectivity index is 2.11. The van der Waals surface area contributed by atoms with Crippen LogP contribution in [-0.2, 0) is 25.5 Å². The lowest BCUT2D eigenvalue weighted by atomic mass is 10.0. The molecular weight excluding hydrogens is 378 g/mol. The average Bonchev–Trinajstić information content (AvgIpc) is 3.36. The summed E-state index contributed by atoms with van der Waals surface area (Å²) >= 11 is 6.16. The fraction of sp³-hybridized carbons (Fsp3) is 0.176. The van der Waals surface area contributed by atoms with Crippen molar-refractivity contribution in [2.75, 3.05) is 14.2 Å². The first-order chi connectivity index (χ1) is 13.0. The Hall–Kier alpha value is -3.33. The molecule has 10 heteroatoms. The van der Waals surface area contributed by atoms with Gasteiger partial charge in [0, 0.05) is 5.56 Å². The molecule has 0 saturated carbocycles. The zero-order valence-electron chi connectivity index (χ0n) is 14.3. The second-order valence-corrected chi connectivity index (χ2v) is 5.77. The van der Waals surface area contributed by atoms with Crippen LogP contribution in [0.4, 0.5) is 0 Å².